The number of anilines is 2. The van der Waals surface area contributed by atoms with Crippen molar-refractivity contribution in [1.82, 2.24) is 4.98 Å². The fourth-order valence-electron chi connectivity index (χ4n) is 2.89. The number of fused-ring (bicyclic) bond motifs is 1. The third kappa shape index (κ3) is 3.54. The molecular weight excluding hydrogens is 360 g/mol. The van der Waals surface area contributed by atoms with Crippen LogP contribution in [0.25, 0.3) is 11.3 Å². The molecule has 0 fully saturated rings. The lowest BCUT2D eigenvalue weighted by atomic mass is 10.00. The van der Waals surface area contributed by atoms with E-state index in [4.69, 9.17) is 4.74 Å². The highest BCUT2D eigenvalue weighted by molar-refractivity contribution is 7.14. The fraction of sp³-hybridized carbons (Fsp3) is 0.150. The van der Waals surface area contributed by atoms with Gasteiger partial charge in [-0.1, -0.05) is 6.07 Å². The first-order valence-corrected chi connectivity index (χ1v) is 9.36. The molecule has 1 amide bonds. The van der Waals surface area contributed by atoms with Crippen LogP contribution in [0.4, 0.5) is 10.8 Å². The van der Waals surface area contributed by atoms with E-state index in [9.17, 15) is 4.79 Å². The summed E-state index contributed by atoms with van der Waals surface area (Å²) in [7, 11) is 1.64. The van der Waals surface area contributed by atoms with Gasteiger partial charge in [-0.15, -0.1) is 11.3 Å². The lowest BCUT2D eigenvalue weighted by molar-refractivity contribution is -0.116. The second-order valence-electron chi connectivity index (χ2n) is 6.19. The summed E-state index contributed by atoms with van der Waals surface area (Å²) in [4.78, 5) is 16.4. The summed E-state index contributed by atoms with van der Waals surface area (Å²) in [5.41, 5.74) is 7.66. The van der Waals surface area contributed by atoms with Crippen LogP contribution in [-0.2, 0) is 4.79 Å². The summed E-state index contributed by atoms with van der Waals surface area (Å²) in [5, 5.41) is 9.80. The van der Waals surface area contributed by atoms with Crippen molar-refractivity contribution < 1.29 is 9.53 Å². The second kappa shape index (κ2) is 7.20. The van der Waals surface area contributed by atoms with E-state index in [1.807, 2.05) is 54.8 Å². The molecule has 2 heterocycles. The van der Waals surface area contributed by atoms with E-state index in [1.165, 1.54) is 11.3 Å². The normalized spacial score (nSPS) is 15.6. The molecule has 3 aromatic rings. The summed E-state index contributed by atoms with van der Waals surface area (Å²) in [6.07, 6.45) is 1.73. The van der Waals surface area contributed by atoms with Crippen molar-refractivity contribution in [1.29, 1.82) is 0 Å². The molecule has 1 aliphatic heterocycles. The van der Waals surface area contributed by atoms with E-state index < -0.39 is 0 Å². The van der Waals surface area contributed by atoms with Crippen molar-refractivity contribution in [2.75, 3.05) is 17.9 Å². The molecule has 2 aromatic carbocycles. The molecular formula is C20H18N4O2S. The molecule has 0 aliphatic carbocycles. The highest BCUT2D eigenvalue weighted by Gasteiger charge is 2.26. The van der Waals surface area contributed by atoms with Crippen LogP contribution in [0.2, 0.25) is 0 Å². The maximum absolute atomic E-state index is 11.8. The summed E-state index contributed by atoms with van der Waals surface area (Å²) in [6, 6.07) is 13.6. The monoisotopic (exact) mass is 378 g/mol. The molecule has 0 saturated carbocycles. The topological polar surface area (TPSA) is 75.6 Å². The number of nitrogens with zero attached hydrogens (tertiary/aromatic N) is 2. The van der Waals surface area contributed by atoms with Crippen molar-refractivity contribution in [3.63, 3.8) is 0 Å². The zero-order chi connectivity index (χ0) is 18.8. The number of nitrogens with one attached hydrogen (secondary N) is 2. The van der Waals surface area contributed by atoms with Crippen LogP contribution < -0.4 is 15.5 Å². The zero-order valence-electron chi connectivity index (χ0n) is 14.9. The standard InChI is InChI=1S/C20H18N4O2S/c1-12-16-9-14(5-8-17(16)22-19(12)25)18-11-27-20(23-18)24-21-10-13-3-6-15(26-2)7-4-13/h3-12H,1-2H3,(H,22,25)(H,23,24)/b21-10-/t12-/m1/s1. The summed E-state index contributed by atoms with van der Waals surface area (Å²) in [6.45, 7) is 1.91. The average molecular weight is 378 g/mol. The molecule has 6 nitrogen and oxygen atoms in total. The number of hydrogen-bond acceptors (Lipinski definition) is 6. The highest BCUT2D eigenvalue weighted by Crippen LogP contribution is 2.36. The van der Waals surface area contributed by atoms with Gasteiger partial charge in [0, 0.05) is 16.6 Å². The Hall–Kier alpha value is -3.19. The van der Waals surface area contributed by atoms with Crippen LogP contribution in [-0.4, -0.2) is 24.2 Å². The molecule has 1 aliphatic rings. The Morgan fingerprint density at radius 3 is 2.85 bits per heavy atom. The predicted octanol–water partition coefficient (Wildman–Crippen LogP) is 4.32. The Bertz CT molecular complexity index is 1010. The van der Waals surface area contributed by atoms with Crippen LogP contribution in [0.15, 0.2) is 52.9 Å². The summed E-state index contributed by atoms with van der Waals surface area (Å²) < 4.78 is 5.14. The van der Waals surface area contributed by atoms with Gasteiger partial charge >= 0.3 is 0 Å². The molecule has 2 N–H and O–H groups in total. The number of rotatable bonds is 5. The van der Waals surface area contributed by atoms with Crippen LogP contribution >= 0.6 is 11.3 Å². The number of carbonyl (C=O) groups excluding carboxylic acids is 1. The van der Waals surface area contributed by atoms with Crippen LogP contribution in [0.1, 0.15) is 24.0 Å². The van der Waals surface area contributed by atoms with E-state index in [0.717, 1.165) is 33.8 Å². The maximum atomic E-state index is 11.8. The highest BCUT2D eigenvalue weighted by atomic mass is 32.1. The third-order valence-corrected chi connectivity index (χ3v) is 5.21. The van der Waals surface area contributed by atoms with Crippen molar-refractivity contribution >= 4 is 34.3 Å². The Kier molecular flexibility index (Phi) is 4.60. The first-order chi connectivity index (χ1) is 13.1. The smallest absolute Gasteiger partial charge is 0.231 e. The van der Waals surface area contributed by atoms with Gasteiger partial charge in [0.25, 0.3) is 0 Å². The Balaban J connectivity index is 1.46. The van der Waals surface area contributed by atoms with Gasteiger partial charge in [-0.3, -0.25) is 10.2 Å². The number of carbonyl (C=O) groups is 1. The van der Waals surface area contributed by atoms with Gasteiger partial charge in [-0.05, 0) is 54.4 Å². The second-order valence-corrected chi connectivity index (χ2v) is 7.05. The molecule has 0 spiro atoms. The molecule has 136 valence electrons. The lowest BCUT2D eigenvalue weighted by Gasteiger charge is -2.03. The van der Waals surface area contributed by atoms with Crippen molar-refractivity contribution in [3.8, 4) is 17.0 Å². The van der Waals surface area contributed by atoms with E-state index in [0.29, 0.717) is 5.13 Å². The number of hydrogen-bond donors (Lipinski definition) is 2. The minimum Gasteiger partial charge on any atom is -0.497 e. The molecule has 1 atom stereocenters. The quantitative estimate of drug-likeness (QED) is 0.512. The Labute approximate surface area is 160 Å². The third-order valence-electron chi connectivity index (χ3n) is 4.46. The molecule has 7 heteroatoms. The van der Waals surface area contributed by atoms with E-state index in [1.54, 1.807) is 13.3 Å². The number of amides is 1. The van der Waals surface area contributed by atoms with Crippen LogP contribution in [0.5, 0.6) is 5.75 Å². The van der Waals surface area contributed by atoms with Crippen molar-refractivity contribution in [2.45, 2.75) is 12.8 Å². The Morgan fingerprint density at radius 1 is 1.26 bits per heavy atom. The minimum absolute atomic E-state index is 0.0376. The van der Waals surface area contributed by atoms with Gasteiger partial charge in [0.2, 0.25) is 11.0 Å². The maximum Gasteiger partial charge on any atom is 0.231 e. The number of benzene rings is 2. The molecule has 0 radical (unpaired) electrons. The SMILES string of the molecule is COc1ccc(/C=N\Nc2nc(-c3ccc4c(c3)[C@@H](C)C(=O)N4)cs2)cc1. The summed E-state index contributed by atoms with van der Waals surface area (Å²) in [5.74, 6) is 0.714. The average Bonchev–Trinajstić information content (AvgIpc) is 3.27. The number of methoxy groups -OCH3 is 1. The Morgan fingerprint density at radius 2 is 2.07 bits per heavy atom. The molecule has 0 bridgehead atoms. The number of thiazole rings is 1. The van der Waals surface area contributed by atoms with Crippen LogP contribution in [0.3, 0.4) is 0 Å². The van der Waals surface area contributed by atoms with E-state index >= 15 is 0 Å². The van der Waals surface area contributed by atoms with Gasteiger partial charge < -0.3 is 10.1 Å². The van der Waals surface area contributed by atoms with Gasteiger partial charge in [0.15, 0.2) is 0 Å². The van der Waals surface area contributed by atoms with Crippen molar-refractivity contribution in [3.05, 3.63) is 59.0 Å². The largest absolute Gasteiger partial charge is 0.497 e. The number of ether oxygens (including phenoxy) is 1. The minimum atomic E-state index is -0.134. The lowest BCUT2D eigenvalue weighted by Crippen LogP contribution is -2.08. The van der Waals surface area contributed by atoms with E-state index in [-0.39, 0.29) is 11.8 Å². The first kappa shape index (κ1) is 17.2. The molecule has 4 rings (SSSR count). The predicted molar refractivity (Wildman–Crippen MR) is 109 cm³/mol. The zero-order valence-corrected chi connectivity index (χ0v) is 15.7. The first-order valence-electron chi connectivity index (χ1n) is 8.48. The summed E-state index contributed by atoms with van der Waals surface area (Å²) >= 11 is 1.48. The van der Waals surface area contributed by atoms with E-state index in [2.05, 4.69) is 20.8 Å². The fourth-order valence-corrected chi connectivity index (χ4v) is 3.55. The van der Waals surface area contributed by atoms with Gasteiger partial charge in [0.05, 0.1) is 24.9 Å². The molecule has 0 saturated heterocycles. The van der Waals surface area contributed by atoms with Gasteiger partial charge in [0.1, 0.15) is 5.75 Å². The molecule has 27 heavy (non-hydrogen) atoms. The van der Waals surface area contributed by atoms with Crippen molar-refractivity contribution in [2.24, 2.45) is 5.10 Å². The number of hydrazone groups is 1. The van der Waals surface area contributed by atoms with Gasteiger partial charge in [-0.25, -0.2) is 4.98 Å². The van der Waals surface area contributed by atoms with Gasteiger partial charge in [-0.2, -0.15) is 5.10 Å². The van der Waals surface area contributed by atoms with Crippen LogP contribution in [0, 0.1) is 0 Å². The number of aromatic nitrogens is 1. The molecule has 0 unspecified atom stereocenters. The molecule has 1 aromatic heterocycles.